The molecule has 0 saturated heterocycles. The van der Waals surface area contributed by atoms with E-state index in [1.807, 2.05) is 53.2 Å². The lowest BCUT2D eigenvalue weighted by molar-refractivity contribution is -0.118. The summed E-state index contributed by atoms with van der Waals surface area (Å²) in [4.78, 5) is 11.1. The number of allylic oxidation sites excluding steroid dienone is 1. The Morgan fingerprint density at radius 1 is 1.20 bits per heavy atom. The van der Waals surface area contributed by atoms with Gasteiger partial charge in [0.2, 0.25) is 5.91 Å². The number of hydrogen-bond donors (Lipinski definition) is 1. The second-order valence-electron chi connectivity index (χ2n) is 5.69. The summed E-state index contributed by atoms with van der Waals surface area (Å²) >= 11 is 5.92. The molecule has 1 heterocycles. The van der Waals surface area contributed by atoms with Crippen LogP contribution >= 0.6 is 11.6 Å². The van der Waals surface area contributed by atoms with Crippen LogP contribution in [0.2, 0.25) is 5.02 Å². The topological polar surface area (TPSA) is 71.8 Å². The highest BCUT2D eigenvalue weighted by atomic mass is 35.5. The molecule has 1 aromatic heterocycles. The Morgan fingerprint density at radius 2 is 1.92 bits per heavy atom. The van der Waals surface area contributed by atoms with Crippen LogP contribution in [0, 0.1) is 11.3 Å². The smallest absolute Gasteiger partial charge is 0.219 e. The van der Waals surface area contributed by atoms with Crippen LogP contribution in [-0.2, 0) is 11.3 Å². The summed E-state index contributed by atoms with van der Waals surface area (Å²) in [6, 6.07) is 17.3. The summed E-state index contributed by atoms with van der Waals surface area (Å²) < 4.78 is 1.99. The molecule has 0 fully saturated rings. The molecule has 4 nitrogen and oxygen atoms in total. The van der Waals surface area contributed by atoms with Crippen LogP contribution in [0.5, 0.6) is 0 Å². The van der Waals surface area contributed by atoms with Gasteiger partial charge in [0.25, 0.3) is 0 Å². The summed E-state index contributed by atoms with van der Waals surface area (Å²) in [6.45, 7) is 0.506. The molecule has 3 aromatic rings. The second-order valence-corrected chi connectivity index (χ2v) is 6.12. The molecule has 0 aliphatic rings. The van der Waals surface area contributed by atoms with E-state index in [-0.39, 0.29) is 12.3 Å². The highest BCUT2D eigenvalue weighted by Crippen LogP contribution is 2.26. The van der Waals surface area contributed by atoms with Gasteiger partial charge in [0.15, 0.2) is 0 Å². The second kappa shape index (κ2) is 7.25. The highest BCUT2D eigenvalue weighted by molar-refractivity contribution is 6.30. The number of benzene rings is 2. The minimum Gasteiger partial charge on any atom is -0.370 e. The van der Waals surface area contributed by atoms with Gasteiger partial charge in [0, 0.05) is 40.7 Å². The zero-order valence-electron chi connectivity index (χ0n) is 13.4. The van der Waals surface area contributed by atoms with E-state index in [2.05, 4.69) is 6.07 Å². The van der Waals surface area contributed by atoms with Crippen LogP contribution in [0.3, 0.4) is 0 Å². The predicted molar refractivity (Wildman–Crippen MR) is 101 cm³/mol. The summed E-state index contributed by atoms with van der Waals surface area (Å²) in [5.41, 5.74) is 8.55. The molecule has 3 rings (SSSR count). The van der Waals surface area contributed by atoms with Gasteiger partial charge in [-0.25, -0.2) is 0 Å². The van der Waals surface area contributed by atoms with E-state index in [0.717, 1.165) is 22.0 Å². The first-order valence-corrected chi connectivity index (χ1v) is 8.20. The molecule has 124 valence electrons. The van der Waals surface area contributed by atoms with Crippen molar-refractivity contribution in [2.45, 2.75) is 13.0 Å². The number of para-hydroxylation sites is 1. The predicted octanol–water partition coefficient (Wildman–Crippen LogP) is 4.23. The number of aromatic nitrogens is 1. The van der Waals surface area contributed by atoms with Crippen LogP contribution in [0.15, 0.2) is 54.7 Å². The summed E-state index contributed by atoms with van der Waals surface area (Å²) in [5.74, 6) is -0.339. The van der Waals surface area contributed by atoms with Crippen molar-refractivity contribution in [2.24, 2.45) is 5.73 Å². The molecule has 0 atom stereocenters. The molecule has 0 spiro atoms. The van der Waals surface area contributed by atoms with E-state index in [1.54, 1.807) is 12.1 Å². The van der Waals surface area contributed by atoms with Crippen LogP contribution in [0.25, 0.3) is 22.6 Å². The normalized spacial score (nSPS) is 11.4. The molecule has 0 unspecified atom stereocenters. The van der Waals surface area contributed by atoms with E-state index < -0.39 is 0 Å². The zero-order valence-corrected chi connectivity index (χ0v) is 14.2. The number of rotatable bonds is 5. The monoisotopic (exact) mass is 349 g/mol. The van der Waals surface area contributed by atoms with Gasteiger partial charge in [-0.15, -0.1) is 0 Å². The largest absolute Gasteiger partial charge is 0.370 e. The van der Waals surface area contributed by atoms with Crippen molar-refractivity contribution in [3.63, 3.8) is 0 Å². The molecule has 5 heteroatoms. The molecule has 0 bridgehead atoms. The van der Waals surface area contributed by atoms with Gasteiger partial charge < -0.3 is 10.3 Å². The molecule has 0 radical (unpaired) electrons. The van der Waals surface area contributed by atoms with Gasteiger partial charge in [-0.3, -0.25) is 4.79 Å². The first-order valence-electron chi connectivity index (χ1n) is 7.82. The minimum absolute atomic E-state index is 0.268. The Balaban J connectivity index is 2.06. The van der Waals surface area contributed by atoms with Gasteiger partial charge in [0.1, 0.15) is 0 Å². The van der Waals surface area contributed by atoms with Crippen molar-refractivity contribution in [3.8, 4) is 6.07 Å². The van der Waals surface area contributed by atoms with E-state index in [9.17, 15) is 10.1 Å². The molecule has 2 N–H and O–H groups in total. The molecule has 0 aliphatic carbocycles. The van der Waals surface area contributed by atoms with Gasteiger partial charge in [-0.2, -0.15) is 5.26 Å². The lowest BCUT2D eigenvalue weighted by Crippen LogP contribution is -2.13. The quantitative estimate of drug-likeness (QED) is 0.700. The van der Waals surface area contributed by atoms with E-state index in [0.29, 0.717) is 17.1 Å². The Kier molecular flexibility index (Phi) is 4.87. The lowest BCUT2D eigenvalue weighted by atomic mass is 10.0. The number of primary amides is 1. The number of aryl methyl sites for hydroxylation is 1. The highest BCUT2D eigenvalue weighted by Gasteiger charge is 2.09. The number of carbonyl (C=O) groups is 1. The Morgan fingerprint density at radius 3 is 2.60 bits per heavy atom. The number of nitriles is 1. The lowest BCUT2D eigenvalue weighted by Gasteiger charge is -2.02. The number of nitrogens with zero attached hydrogens (tertiary/aromatic N) is 2. The number of fused-ring (bicyclic) bond motifs is 1. The number of halogens is 1. The summed E-state index contributed by atoms with van der Waals surface area (Å²) in [7, 11) is 0. The van der Waals surface area contributed by atoms with Crippen molar-refractivity contribution >= 4 is 40.1 Å². The maximum atomic E-state index is 11.1. The number of nitrogens with two attached hydrogens (primary N) is 1. The third-order valence-corrected chi connectivity index (χ3v) is 4.25. The first kappa shape index (κ1) is 16.8. The van der Waals surface area contributed by atoms with Gasteiger partial charge in [-0.1, -0.05) is 41.9 Å². The average molecular weight is 350 g/mol. The van der Waals surface area contributed by atoms with Crippen molar-refractivity contribution < 1.29 is 4.79 Å². The fourth-order valence-electron chi connectivity index (χ4n) is 2.77. The Bertz CT molecular complexity index is 994. The molecular formula is C20H16ClN3O. The fraction of sp³-hybridized carbons (Fsp3) is 0.100. The van der Waals surface area contributed by atoms with Crippen LogP contribution < -0.4 is 5.73 Å². The van der Waals surface area contributed by atoms with Crippen LogP contribution in [0.1, 0.15) is 17.5 Å². The van der Waals surface area contributed by atoms with Crippen molar-refractivity contribution in [1.29, 1.82) is 5.26 Å². The van der Waals surface area contributed by atoms with Gasteiger partial charge >= 0.3 is 0 Å². The number of carbonyl (C=O) groups excluding carboxylic acids is 1. The zero-order chi connectivity index (χ0) is 17.8. The van der Waals surface area contributed by atoms with E-state index in [1.165, 1.54) is 0 Å². The fourth-order valence-corrected chi connectivity index (χ4v) is 2.90. The summed E-state index contributed by atoms with van der Waals surface area (Å²) in [6.07, 6.45) is 4.07. The van der Waals surface area contributed by atoms with Crippen LogP contribution in [-0.4, -0.2) is 10.5 Å². The van der Waals surface area contributed by atoms with E-state index in [4.69, 9.17) is 17.3 Å². The standard InChI is InChI=1S/C20H16ClN3O/c21-17-7-5-14(6-8-17)15(12-22)11-16-13-24(10-9-20(23)25)19-4-2-1-3-18(16)19/h1-8,11,13H,9-10H2,(H2,23,25). The van der Waals surface area contributed by atoms with Gasteiger partial charge in [-0.05, 0) is 29.8 Å². The molecule has 25 heavy (non-hydrogen) atoms. The molecule has 0 aliphatic heterocycles. The molecular weight excluding hydrogens is 334 g/mol. The van der Waals surface area contributed by atoms with Crippen molar-refractivity contribution in [3.05, 3.63) is 70.9 Å². The maximum Gasteiger partial charge on any atom is 0.219 e. The molecule has 0 saturated carbocycles. The maximum absolute atomic E-state index is 11.1. The molecule has 1 amide bonds. The number of amides is 1. The minimum atomic E-state index is -0.339. The third-order valence-electron chi connectivity index (χ3n) is 3.99. The van der Waals surface area contributed by atoms with Crippen LogP contribution in [0.4, 0.5) is 0 Å². The Labute approximate surface area is 150 Å². The third kappa shape index (κ3) is 3.73. The first-order chi connectivity index (χ1) is 12.1. The Hall–Kier alpha value is -3.03. The van der Waals surface area contributed by atoms with E-state index >= 15 is 0 Å². The molecule has 2 aromatic carbocycles. The van der Waals surface area contributed by atoms with Crippen molar-refractivity contribution in [2.75, 3.05) is 0 Å². The number of hydrogen-bond acceptors (Lipinski definition) is 2. The van der Waals surface area contributed by atoms with Gasteiger partial charge in [0.05, 0.1) is 11.6 Å². The van der Waals surface area contributed by atoms with Crippen molar-refractivity contribution in [1.82, 2.24) is 4.57 Å². The SMILES string of the molecule is N#CC(=Cc1cn(CCC(N)=O)c2ccccc12)c1ccc(Cl)cc1. The average Bonchev–Trinajstić information content (AvgIpc) is 2.97. The summed E-state index contributed by atoms with van der Waals surface area (Å²) in [5, 5.41) is 11.2.